The maximum absolute atomic E-state index is 13.1. The number of hydrogen-bond acceptors (Lipinski definition) is 2. The lowest BCUT2D eigenvalue weighted by Gasteiger charge is -2.33. The maximum atomic E-state index is 13.1. The lowest BCUT2D eigenvalue weighted by atomic mass is 9.72. The summed E-state index contributed by atoms with van der Waals surface area (Å²) >= 11 is 0. The number of Topliss-reactive ketones (excluding diaryl/α,β-unsaturated/α-hetero) is 1. The first-order valence-electron chi connectivity index (χ1n) is 11.2. The SMILES string of the molecule is CC1(C)CCC1.CCC(=O)CC1(C(F)(F)F)CC1.CCC(C)=Nc1cc(F)cc(F)c1C. The van der Waals surface area contributed by atoms with Crippen molar-refractivity contribution in [1.29, 1.82) is 0 Å². The monoisotopic (exact) mass is 461 g/mol. The van der Waals surface area contributed by atoms with Gasteiger partial charge >= 0.3 is 6.18 Å². The summed E-state index contributed by atoms with van der Waals surface area (Å²) < 4.78 is 62.7. The van der Waals surface area contributed by atoms with Crippen LogP contribution in [-0.4, -0.2) is 17.7 Å². The van der Waals surface area contributed by atoms with Crippen molar-refractivity contribution < 1.29 is 26.7 Å². The van der Waals surface area contributed by atoms with Crippen LogP contribution in [0.15, 0.2) is 17.1 Å². The van der Waals surface area contributed by atoms with Crippen molar-refractivity contribution in [2.45, 2.75) is 99.1 Å². The van der Waals surface area contributed by atoms with Gasteiger partial charge in [-0.05, 0) is 57.4 Å². The zero-order chi connectivity index (χ0) is 24.7. The molecule has 0 amide bonds. The lowest BCUT2D eigenvalue weighted by molar-refractivity contribution is -0.190. The zero-order valence-corrected chi connectivity index (χ0v) is 20.1. The van der Waals surface area contributed by atoms with Gasteiger partial charge in [0.05, 0.1) is 11.1 Å². The Labute approximate surface area is 188 Å². The van der Waals surface area contributed by atoms with Crippen LogP contribution in [0.1, 0.15) is 91.5 Å². The highest BCUT2D eigenvalue weighted by Crippen LogP contribution is 2.60. The second-order valence-electron chi connectivity index (χ2n) is 9.60. The number of aliphatic imine (C=N–C) groups is 1. The first-order valence-corrected chi connectivity index (χ1v) is 11.2. The molecule has 0 atom stereocenters. The van der Waals surface area contributed by atoms with Crippen LogP contribution in [0.4, 0.5) is 27.6 Å². The van der Waals surface area contributed by atoms with Crippen LogP contribution in [-0.2, 0) is 4.79 Å². The fourth-order valence-corrected chi connectivity index (χ4v) is 3.13. The molecule has 32 heavy (non-hydrogen) atoms. The van der Waals surface area contributed by atoms with Crippen molar-refractivity contribution in [3.63, 3.8) is 0 Å². The first-order chi connectivity index (χ1) is 14.7. The van der Waals surface area contributed by atoms with E-state index in [-0.39, 0.29) is 31.5 Å². The Bertz CT molecular complexity index is 801. The highest BCUT2D eigenvalue weighted by molar-refractivity contribution is 5.84. The molecule has 1 aromatic carbocycles. The summed E-state index contributed by atoms with van der Waals surface area (Å²) in [6, 6.07) is 2.12. The summed E-state index contributed by atoms with van der Waals surface area (Å²) in [6.45, 7) is 11.6. The summed E-state index contributed by atoms with van der Waals surface area (Å²) in [5.74, 6) is -1.42. The highest BCUT2D eigenvalue weighted by Gasteiger charge is 2.63. The molecule has 3 rings (SSSR count). The fourth-order valence-electron chi connectivity index (χ4n) is 3.13. The molecule has 0 bridgehead atoms. The smallest absolute Gasteiger partial charge is 0.300 e. The fraction of sp³-hybridized carbons (Fsp3) is 0.680. The van der Waals surface area contributed by atoms with Gasteiger partial charge in [0, 0.05) is 30.2 Å². The van der Waals surface area contributed by atoms with Crippen molar-refractivity contribution in [2.24, 2.45) is 15.8 Å². The van der Waals surface area contributed by atoms with Crippen LogP contribution in [0.5, 0.6) is 0 Å². The third kappa shape index (κ3) is 8.62. The van der Waals surface area contributed by atoms with Crippen LogP contribution in [0.2, 0.25) is 0 Å². The van der Waals surface area contributed by atoms with E-state index in [0.717, 1.165) is 23.6 Å². The first kappa shape index (κ1) is 28.2. The summed E-state index contributed by atoms with van der Waals surface area (Å²) in [6.07, 6.45) is 1.11. The largest absolute Gasteiger partial charge is 0.394 e. The standard InChI is InChI=1S/C11H13F2N.C8H11F3O.C6H12/c1-4-7(2)14-11-6-9(12)5-10(13)8(11)3;1-2-6(12)5-7(3-4-7)8(9,10)11;1-6(2)4-3-5-6/h5-6H,4H2,1-3H3;2-5H2,1H3;3-5H2,1-2H3. The number of nitrogens with zero attached hydrogens (tertiary/aromatic N) is 1. The molecular formula is C25H36F5NO. The topological polar surface area (TPSA) is 29.4 Å². The average Bonchev–Trinajstić information content (AvgIpc) is 3.46. The van der Waals surface area contributed by atoms with Gasteiger partial charge in [-0.1, -0.05) is 34.1 Å². The van der Waals surface area contributed by atoms with Crippen LogP contribution in [0.3, 0.4) is 0 Å². The van der Waals surface area contributed by atoms with E-state index >= 15 is 0 Å². The molecule has 0 spiro atoms. The van der Waals surface area contributed by atoms with Gasteiger partial charge in [-0.25, -0.2) is 8.78 Å². The zero-order valence-electron chi connectivity index (χ0n) is 20.1. The predicted octanol–water partition coefficient (Wildman–Crippen LogP) is 8.67. The van der Waals surface area contributed by atoms with Gasteiger partial charge in [-0.15, -0.1) is 0 Å². The van der Waals surface area contributed by atoms with Crippen molar-refractivity contribution in [2.75, 3.05) is 0 Å². The Kier molecular flexibility index (Phi) is 10.0. The Balaban J connectivity index is 0.000000257. The molecule has 182 valence electrons. The highest BCUT2D eigenvalue weighted by atomic mass is 19.4. The van der Waals surface area contributed by atoms with Gasteiger partial charge in [0.15, 0.2) is 0 Å². The number of alkyl halides is 3. The van der Waals surface area contributed by atoms with E-state index in [1.165, 1.54) is 25.3 Å². The number of carbonyl (C=O) groups excluding carboxylic acids is 1. The Hall–Kier alpha value is -1.79. The normalized spacial score (nSPS) is 18.4. The van der Waals surface area contributed by atoms with Gasteiger partial charge in [0.1, 0.15) is 17.4 Å². The number of ketones is 1. The molecule has 2 nitrogen and oxygen atoms in total. The van der Waals surface area contributed by atoms with Crippen LogP contribution >= 0.6 is 0 Å². The molecule has 0 unspecified atom stereocenters. The van der Waals surface area contributed by atoms with Crippen molar-refractivity contribution in [3.8, 4) is 0 Å². The van der Waals surface area contributed by atoms with E-state index in [1.54, 1.807) is 13.8 Å². The van der Waals surface area contributed by atoms with Crippen molar-refractivity contribution >= 4 is 17.2 Å². The molecule has 0 heterocycles. The Morgan fingerprint density at radius 3 is 1.91 bits per heavy atom. The minimum Gasteiger partial charge on any atom is -0.300 e. The van der Waals surface area contributed by atoms with Crippen LogP contribution in [0.25, 0.3) is 0 Å². The lowest BCUT2D eigenvalue weighted by Crippen LogP contribution is -2.26. The minimum atomic E-state index is -4.18. The molecule has 0 radical (unpaired) electrons. The molecule has 0 saturated heterocycles. The summed E-state index contributed by atoms with van der Waals surface area (Å²) in [4.78, 5) is 14.9. The maximum Gasteiger partial charge on any atom is 0.394 e. The van der Waals surface area contributed by atoms with E-state index in [2.05, 4.69) is 18.8 Å². The Morgan fingerprint density at radius 1 is 1.03 bits per heavy atom. The van der Waals surface area contributed by atoms with E-state index in [0.29, 0.717) is 11.3 Å². The quantitative estimate of drug-likeness (QED) is 0.319. The Morgan fingerprint density at radius 2 is 1.56 bits per heavy atom. The molecule has 1 aromatic rings. The summed E-state index contributed by atoms with van der Waals surface area (Å²) in [5.41, 5.74) is 0.708. The van der Waals surface area contributed by atoms with Crippen LogP contribution < -0.4 is 0 Å². The number of rotatable bonds is 5. The van der Waals surface area contributed by atoms with Gasteiger partial charge in [0.25, 0.3) is 0 Å². The third-order valence-electron chi connectivity index (χ3n) is 6.20. The van der Waals surface area contributed by atoms with Gasteiger partial charge in [-0.2, -0.15) is 13.2 Å². The molecule has 0 aliphatic heterocycles. The van der Waals surface area contributed by atoms with Gasteiger partial charge < -0.3 is 0 Å². The summed E-state index contributed by atoms with van der Waals surface area (Å²) in [7, 11) is 0. The van der Waals surface area contributed by atoms with Gasteiger partial charge in [0.2, 0.25) is 0 Å². The molecule has 2 aliphatic carbocycles. The number of benzene rings is 1. The van der Waals surface area contributed by atoms with Crippen LogP contribution in [0, 0.1) is 29.4 Å². The van der Waals surface area contributed by atoms with Gasteiger partial charge in [-0.3, -0.25) is 9.79 Å². The molecule has 2 fully saturated rings. The minimum absolute atomic E-state index is 0.127. The summed E-state index contributed by atoms with van der Waals surface area (Å²) in [5, 5.41) is 0. The molecule has 0 N–H and O–H groups in total. The molecule has 0 aromatic heterocycles. The predicted molar refractivity (Wildman–Crippen MR) is 119 cm³/mol. The second kappa shape index (κ2) is 11.4. The van der Waals surface area contributed by atoms with Crippen molar-refractivity contribution in [3.05, 3.63) is 29.3 Å². The van der Waals surface area contributed by atoms with E-state index < -0.39 is 23.2 Å². The second-order valence-corrected chi connectivity index (χ2v) is 9.60. The van der Waals surface area contributed by atoms with Crippen molar-refractivity contribution in [1.82, 2.24) is 0 Å². The number of carbonyl (C=O) groups is 1. The van der Waals surface area contributed by atoms with E-state index in [1.807, 2.05) is 13.8 Å². The van der Waals surface area contributed by atoms with E-state index in [4.69, 9.17) is 0 Å². The molecule has 7 heteroatoms. The number of hydrogen-bond donors (Lipinski definition) is 0. The average molecular weight is 462 g/mol. The molecule has 2 aliphatic rings. The van der Waals surface area contributed by atoms with E-state index in [9.17, 15) is 26.7 Å². The molecule has 2 saturated carbocycles. The number of halogens is 5. The molecular weight excluding hydrogens is 425 g/mol. The third-order valence-corrected chi connectivity index (χ3v) is 6.20.